The highest BCUT2D eigenvalue weighted by Crippen LogP contribution is 2.28. The zero-order valence-electron chi connectivity index (χ0n) is 16.4. The summed E-state index contributed by atoms with van der Waals surface area (Å²) in [4.78, 5) is 4.36. The van der Waals surface area contributed by atoms with E-state index in [0.717, 1.165) is 18.5 Å². The van der Waals surface area contributed by atoms with E-state index in [2.05, 4.69) is 28.5 Å². The minimum atomic E-state index is 0. The molecule has 1 aliphatic carbocycles. The van der Waals surface area contributed by atoms with Gasteiger partial charge < -0.3 is 25.3 Å². The van der Waals surface area contributed by atoms with Crippen LogP contribution in [0.1, 0.15) is 24.0 Å². The van der Waals surface area contributed by atoms with Crippen LogP contribution in [0.5, 0.6) is 17.2 Å². The zero-order valence-corrected chi connectivity index (χ0v) is 18.7. The highest BCUT2D eigenvalue weighted by molar-refractivity contribution is 14.0. The Kier molecular flexibility index (Phi) is 8.69. The first kappa shape index (κ1) is 22.1. The summed E-state index contributed by atoms with van der Waals surface area (Å²) < 4.78 is 16.2. The molecule has 0 amide bonds. The van der Waals surface area contributed by atoms with E-state index in [1.165, 1.54) is 24.0 Å². The number of methoxy groups -OCH3 is 2. The molecule has 0 radical (unpaired) electrons. The van der Waals surface area contributed by atoms with Gasteiger partial charge in [-0.05, 0) is 42.9 Å². The zero-order chi connectivity index (χ0) is 19.1. The van der Waals surface area contributed by atoms with Crippen LogP contribution in [-0.2, 0) is 12.8 Å². The smallest absolute Gasteiger partial charge is 0.193 e. The Labute approximate surface area is 183 Å². The number of benzene rings is 2. The number of aliphatic imine (C=N–C) groups is 1. The van der Waals surface area contributed by atoms with Gasteiger partial charge in [0.15, 0.2) is 5.96 Å². The fraction of sp³-hybridized carbons (Fsp3) is 0.381. The minimum absolute atomic E-state index is 0. The van der Waals surface area contributed by atoms with E-state index in [1.807, 2.05) is 12.1 Å². The van der Waals surface area contributed by atoms with Crippen LogP contribution in [0.15, 0.2) is 41.4 Å². The van der Waals surface area contributed by atoms with Crippen LogP contribution in [0, 0.1) is 0 Å². The summed E-state index contributed by atoms with van der Waals surface area (Å²) in [6.07, 6.45) is 4.71. The molecule has 2 aromatic carbocycles. The Balaban J connectivity index is 0.00000280. The average Bonchev–Trinajstić information content (AvgIpc) is 2.71. The molecule has 0 aromatic heterocycles. The number of rotatable bonds is 7. The van der Waals surface area contributed by atoms with Crippen molar-refractivity contribution in [2.45, 2.75) is 25.7 Å². The van der Waals surface area contributed by atoms with E-state index >= 15 is 0 Å². The predicted molar refractivity (Wildman–Crippen MR) is 124 cm³/mol. The molecule has 0 bridgehead atoms. The second-order valence-corrected chi connectivity index (χ2v) is 6.44. The maximum absolute atomic E-state index is 6.05. The third-order valence-electron chi connectivity index (χ3n) is 4.63. The largest absolute Gasteiger partial charge is 0.496 e. The molecule has 0 spiro atoms. The number of aryl methyl sites for hydroxylation is 1. The van der Waals surface area contributed by atoms with Crippen LogP contribution in [-0.4, -0.2) is 33.3 Å². The van der Waals surface area contributed by atoms with Crippen LogP contribution >= 0.6 is 24.0 Å². The number of nitrogens with zero attached hydrogens (tertiary/aromatic N) is 1. The molecule has 152 valence electrons. The summed E-state index contributed by atoms with van der Waals surface area (Å²) in [7, 11) is 3.22. The van der Waals surface area contributed by atoms with Gasteiger partial charge in [0, 0.05) is 23.9 Å². The van der Waals surface area contributed by atoms with Crippen LogP contribution < -0.4 is 25.3 Å². The van der Waals surface area contributed by atoms with Crippen LogP contribution in [0.25, 0.3) is 0 Å². The molecule has 0 saturated carbocycles. The van der Waals surface area contributed by atoms with Gasteiger partial charge in [-0.2, -0.15) is 0 Å². The van der Waals surface area contributed by atoms with Gasteiger partial charge in [0.1, 0.15) is 23.9 Å². The molecule has 6 nitrogen and oxygen atoms in total. The Morgan fingerprint density at radius 3 is 2.43 bits per heavy atom. The fourth-order valence-electron chi connectivity index (χ4n) is 3.27. The highest BCUT2D eigenvalue weighted by Gasteiger charge is 2.13. The molecule has 28 heavy (non-hydrogen) atoms. The quantitative estimate of drug-likeness (QED) is 0.262. The summed E-state index contributed by atoms with van der Waals surface area (Å²) in [5, 5.41) is 3.24. The number of nitrogens with two attached hydrogens (primary N) is 1. The summed E-state index contributed by atoms with van der Waals surface area (Å²) in [5.74, 6) is 2.44. The van der Waals surface area contributed by atoms with Crippen molar-refractivity contribution in [2.75, 3.05) is 32.7 Å². The first-order valence-corrected chi connectivity index (χ1v) is 9.23. The number of hydrogen-bond acceptors (Lipinski definition) is 4. The molecule has 0 heterocycles. The maximum atomic E-state index is 6.05. The van der Waals surface area contributed by atoms with Gasteiger partial charge in [-0.3, -0.25) is 0 Å². The first-order valence-electron chi connectivity index (χ1n) is 9.23. The third kappa shape index (κ3) is 5.92. The van der Waals surface area contributed by atoms with E-state index in [0.29, 0.717) is 36.4 Å². The molecule has 7 heteroatoms. The van der Waals surface area contributed by atoms with Gasteiger partial charge in [0.05, 0.1) is 20.8 Å². The standard InChI is InChI=1S/C21H27N3O3.HI/c1-25-16-12-17(26-2)14-18(13-16)27-11-10-23-21(22)24-20-9-5-7-15-6-3-4-8-19(15)20;/h5,7,9,12-14H,3-4,6,8,10-11H2,1-2H3,(H3,22,23,24);1H. The number of ether oxygens (including phenoxy) is 3. The van der Waals surface area contributed by atoms with Gasteiger partial charge in [-0.25, -0.2) is 4.99 Å². The van der Waals surface area contributed by atoms with Crippen LogP contribution in [0.2, 0.25) is 0 Å². The predicted octanol–water partition coefficient (Wildman–Crippen LogP) is 4.01. The molecule has 0 unspecified atom stereocenters. The van der Waals surface area contributed by atoms with Crippen molar-refractivity contribution in [1.82, 2.24) is 0 Å². The van der Waals surface area contributed by atoms with E-state index in [4.69, 9.17) is 19.9 Å². The van der Waals surface area contributed by atoms with E-state index in [1.54, 1.807) is 20.3 Å². The third-order valence-corrected chi connectivity index (χ3v) is 4.63. The van der Waals surface area contributed by atoms with Crippen LogP contribution in [0.4, 0.5) is 5.69 Å². The van der Waals surface area contributed by atoms with Gasteiger partial charge in [0.2, 0.25) is 0 Å². The minimum Gasteiger partial charge on any atom is -0.496 e. The lowest BCUT2D eigenvalue weighted by Gasteiger charge is -2.19. The van der Waals surface area contributed by atoms with E-state index in [9.17, 15) is 0 Å². The normalized spacial score (nSPS) is 13.1. The number of guanidine groups is 1. The number of anilines is 1. The summed E-state index contributed by atoms with van der Waals surface area (Å²) in [5.41, 5.74) is 9.89. The number of nitrogens with one attached hydrogen (secondary N) is 1. The van der Waals surface area contributed by atoms with E-state index < -0.39 is 0 Å². The molecule has 2 aromatic rings. The van der Waals surface area contributed by atoms with Gasteiger partial charge in [0.25, 0.3) is 0 Å². The van der Waals surface area contributed by atoms with Gasteiger partial charge in [-0.15, -0.1) is 24.0 Å². The Morgan fingerprint density at radius 2 is 1.71 bits per heavy atom. The Bertz CT molecular complexity index is 789. The van der Waals surface area contributed by atoms with Crippen molar-refractivity contribution in [3.05, 3.63) is 47.5 Å². The Morgan fingerprint density at radius 1 is 1.04 bits per heavy atom. The molecular formula is C21H28IN3O3. The molecular weight excluding hydrogens is 469 g/mol. The molecule has 0 saturated heterocycles. The lowest BCUT2D eigenvalue weighted by atomic mass is 9.90. The van der Waals surface area contributed by atoms with Crippen molar-refractivity contribution < 1.29 is 14.2 Å². The second-order valence-electron chi connectivity index (χ2n) is 6.44. The molecule has 0 atom stereocenters. The average molecular weight is 497 g/mol. The molecule has 0 fully saturated rings. The summed E-state index contributed by atoms with van der Waals surface area (Å²) in [6.45, 7) is 0.860. The van der Waals surface area contributed by atoms with Gasteiger partial charge >= 0.3 is 0 Å². The van der Waals surface area contributed by atoms with Crippen molar-refractivity contribution in [3.8, 4) is 17.2 Å². The van der Waals surface area contributed by atoms with Crippen molar-refractivity contribution in [3.63, 3.8) is 0 Å². The monoisotopic (exact) mass is 497 g/mol. The van der Waals surface area contributed by atoms with Crippen molar-refractivity contribution >= 4 is 35.6 Å². The number of fused-ring (bicyclic) bond motifs is 1. The maximum Gasteiger partial charge on any atom is 0.193 e. The Hall–Kier alpha value is -2.16. The topological polar surface area (TPSA) is 78.1 Å². The van der Waals surface area contributed by atoms with Crippen molar-refractivity contribution in [2.24, 2.45) is 10.7 Å². The van der Waals surface area contributed by atoms with Crippen LogP contribution in [0.3, 0.4) is 0 Å². The highest BCUT2D eigenvalue weighted by atomic mass is 127. The lowest BCUT2D eigenvalue weighted by molar-refractivity contribution is 0.321. The number of halogens is 1. The molecule has 3 N–H and O–H groups in total. The second kappa shape index (κ2) is 11.0. The summed E-state index contributed by atoms with van der Waals surface area (Å²) in [6, 6.07) is 11.7. The summed E-state index contributed by atoms with van der Waals surface area (Å²) >= 11 is 0. The molecule has 0 aliphatic heterocycles. The molecule has 1 aliphatic rings. The lowest BCUT2D eigenvalue weighted by Crippen LogP contribution is -2.25. The van der Waals surface area contributed by atoms with E-state index in [-0.39, 0.29) is 24.0 Å². The fourth-order valence-corrected chi connectivity index (χ4v) is 3.27. The molecule has 3 rings (SSSR count). The first-order chi connectivity index (χ1) is 13.2. The van der Waals surface area contributed by atoms with Crippen molar-refractivity contribution in [1.29, 1.82) is 0 Å². The SMILES string of the molecule is COc1cc(OC)cc(OCCN=C(N)Nc2cccc3c2CCCC3)c1.I. The van der Waals surface area contributed by atoms with Gasteiger partial charge in [-0.1, -0.05) is 12.1 Å². The number of hydrogen-bond donors (Lipinski definition) is 2.